The third kappa shape index (κ3) is 4.50. The van der Waals surface area contributed by atoms with Gasteiger partial charge in [-0.3, -0.25) is 4.90 Å². The second-order valence-corrected chi connectivity index (χ2v) is 7.88. The number of benzene rings is 3. The first-order chi connectivity index (χ1) is 14.8. The Morgan fingerprint density at radius 2 is 1.71 bits per heavy atom. The Hall–Kier alpha value is -3.88. The lowest BCUT2D eigenvalue weighted by atomic mass is 10.1. The summed E-state index contributed by atoms with van der Waals surface area (Å²) in [6.07, 6.45) is 1.55. The van der Waals surface area contributed by atoms with Crippen LogP contribution in [-0.4, -0.2) is 25.8 Å². The molecule has 0 fully saturated rings. The van der Waals surface area contributed by atoms with Crippen LogP contribution in [-0.2, 0) is 0 Å². The summed E-state index contributed by atoms with van der Waals surface area (Å²) >= 11 is 0. The summed E-state index contributed by atoms with van der Waals surface area (Å²) in [5.41, 5.74) is 3.22. The van der Waals surface area contributed by atoms with Crippen molar-refractivity contribution in [3.63, 3.8) is 0 Å². The summed E-state index contributed by atoms with van der Waals surface area (Å²) < 4.78 is 0. The van der Waals surface area contributed by atoms with Crippen LogP contribution >= 0.6 is 0 Å². The van der Waals surface area contributed by atoms with Gasteiger partial charge in [-0.15, -0.1) is 0 Å². The molecule has 4 aromatic rings. The number of hydrogen-bond donors (Lipinski definition) is 2. The zero-order valence-corrected chi connectivity index (χ0v) is 17.7. The maximum atomic E-state index is 9.96. The number of anilines is 3. The number of fused-ring (bicyclic) bond motifs is 1. The van der Waals surface area contributed by atoms with E-state index < -0.39 is 5.60 Å². The summed E-state index contributed by atoms with van der Waals surface area (Å²) in [6.45, 7) is 5.26. The lowest BCUT2D eigenvalue weighted by molar-refractivity contribution is 0.143. The van der Waals surface area contributed by atoms with E-state index in [0.29, 0.717) is 5.82 Å². The van der Waals surface area contributed by atoms with Crippen molar-refractivity contribution < 1.29 is 10.2 Å². The van der Waals surface area contributed by atoms with Crippen LogP contribution in [0.4, 0.5) is 17.2 Å². The molecule has 0 unspecified atom stereocenters. The zero-order chi connectivity index (χ0) is 22.0. The van der Waals surface area contributed by atoms with Crippen molar-refractivity contribution in [3.05, 3.63) is 84.2 Å². The molecule has 3 aromatic carbocycles. The normalized spacial score (nSPS) is 11.1. The largest absolute Gasteiger partial charge is 0.508 e. The Morgan fingerprint density at radius 3 is 2.42 bits per heavy atom. The molecule has 5 nitrogen and oxygen atoms in total. The van der Waals surface area contributed by atoms with Crippen LogP contribution in [0.15, 0.2) is 73.1 Å². The van der Waals surface area contributed by atoms with Crippen LogP contribution in [0, 0.1) is 18.8 Å². The van der Waals surface area contributed by atoms with Crippen LogP contribution in [0.2, 0.25) is 0 Å². The molecule has 0 amide bonds. The van der Waals surface area contributed by atoms with Gasteiger partial charge in [0.25, 0.3) is 0 Å². The molecule has 1 heterocycles. The molecule has 0 atom stereocenters. The summed E-state index contributed by atoms with van der Waals surface area (Å²) in [5, 5.41) is 20.7. The van der Waals surface area contributed by atoms with E-state index in [4.69, 9.17) is 0 Å². The minimum Gasteiger partial charge on any atom is -0.508 e. The van der Waals surface area contributed by atoms with Gasteiger partial charge in [0.2, 0.25) is 0 Å². The van der Waals surface area contributed by atoms with Gasteiger partial charge in [-0.25, -0.2) is 9.97 Å². The number of aliphatic hydroxyl groups is 1. The Bertz CT molecular complexity index is 1300. The molecule has 5 heteroatoms. The van der Waals surface area contributed by atoms with Gasteiger partial charge in [-0.1, -0.05) is 30.0 Å². The summed E-state index contributed by atoms with van der Waals surface area (Å²) in [7, 11) is 0. The number of aromatic nitrogens is 2. The number of para-hydroxylation sites is 1. The van der Waals surface area contributed by atoms with Gasteiger partial charge >= 0.3 is 0 Å². The summed E-state index contributed by atoms with van der Waals surface area (Å²) in [4.78, 5) is 11.1. The Balaban J connectivity index is 1.96. The predicted molar refractivity (Wildman–Crippen MR) is 124 cm³/mol. The van der Waals surface area contributed by atoms with Crippen molar-refractivity contribution in [2.24, 2.45) is 0 Å². The molecule has 0 aliphatic heterocycles. The van der Waals surface area contributed by atoms with Gasteiger partial charge in [-0.05, 0) is 74.9 Å². The molecule has 2 N–H and O–H groups in total. The Kier molecular flexibility index (Phi) is 5.33. The van der Waals surface area contributed by atoms with E-state index in [2.05, 4.69) is 21.8 Å². The number of rotatable bonds is 3. The highest BCUT2D eigenvalue weighted by atomic mass is 16.3. The first-order valence-electron chi connectivity index (χ1n) is 9.97. The molecule has 0 aliphatic rings. The van der Waals surface area contributed by atoms with Gasteiger partial charge in [0.05, 0.1) is 11.2 Å². The fourth-order valence-corrected chi connectivity index (χ4v) is 3.37. The standard InChI is InChI=1S/C26H23N3O2/c1-18-15-21(30)10-12-24(18)29(20-7-5-4-6-8-20)25-22-16-19(13-14-26(2,3)31)9-11-23(22)27-17-28-25/h4-12,15-17,30-31H,1-3H3. The number of nitrogens with zero attached hydrogens (tertiary/aromatic N) is 3. The number of phenolic OH excluding ortho intramolecular Hbond substituents is 1. The lowest BCUT2D eigenvalue weighted by Crippen LogP contribution is -2.14. The van der Waals surface area contributed by atoms with Crippen molar-refractivity contribution in [1.82, 2.24) is 9.97 Å². The van der Waals surface area contributed by atoms with E-state index in [1.54, 1.807) is 32.3 Å². The molecule has 154 valence electrons. The minimum atomic E-state index is -1.08. The number of aryl methyl sites for hydroxylation is 1. The molecule has 0 bridgehead atoms. The molecule has 0 radical (unpaired) electrons. The van der Waals surface area contributed by atoms with Gasteiger partial charge in [-0.2, -0.15) is 0 Å². The molecule has 0 saturated heterocycles. The number of aromatic hydroxyl groups is 1. The van der Waals surface area contributed by atoms with E-state index in [0.717, 1.165) is 33.4 Å². The first-order valence-corrected chi connectivity index (χ1v) is 9.97. The average Bonchev–Trinajstić information content (AvgIpc) is 2.74. The number of phenols is 1. The van der Waals surface area contributed by atoms with Crippen LogP contribution in [0.1, 0.15) is 25.0 Å². The average molecular weight is 409 g/mol. The van der Waals surface area contributed by atoms with Crippen LogP contribution in [0.25, 0.3) is 10.9 Å². The van der Waals surface area contributed by atoms with Gasteiger partial charge in [0.1, 0.15) is 23.5 Å². The summed E-state index contributed by atoms with van der Waals surface area (Å²) in [6, 6.07) is 20.9. The third-order valence-corrected chi connectivity index (χ3v) is 4.77. The molecule has 31 heavy (non-hydrogen) atoms. The van der Waals surface area contributed by atoms with E-state index in [9.17, 15) is 10.2 Å². The smallest absolute Gasteiger partial charge is 0.148 e. The van der Waals surface area contributed by atoms with E-state index in [1.807, 2.05) is 66.4 Å². The highest BCUT2D eigenvalue weighted by Crippen LogP contribution is 2.39. The van der Waals surface area contributed by atoms with Crippen molar-refractivity contribution >= 4 is 28.1 Å². The van der Waals surface area contributed by atoms with E-state index in [1.165, 1.54) is 0 Å². The quantitative estimate of drug-likeness (QED) is 0.453. The SMILES string of the molecule is Cc1cc(O)ccc1N(c1ccccc1)c1ncnc2ccc(C#CC(C)(C)O)cc12. The van der Waals surface area contributed by atoms with Crippen molar-refractivity contribution in [3.8, 4) is 17.6 Å². The van der Waals surface area contributed by atoms with Crippen LogP contribution < -0.4 is 4.90 Å². The number of hydrogen-bond acceptors (Lipinski definition) is 5. The van der Waals surface area contributed by atoms with Crippen molar-refractivity contribution in [2.45, 2.75) is 26.4 Å². The molecular weight excluding hydrogens is 386 g/mol. The monoisotopic (exact) mass is 409 g/mol. The zero-order valence-electron chi connectivity index (χ0n) is 17.7. The highest BCUT2D eigenvalue weighted by molar-refractivity contribution is 5.95. The maximum absolute atomic E-state index is 9.96. The van der Waals surface area contributed by atoms with Crippen molar-refractivity contribution in [2.75, 3.05) is 4.90 Å². The van der Waals surface area contributed by atoms with Gasteiger partial charge in [0.15, 0.2) is 0 Å². The van der Waals surface area contributed by atoms with Crippen LogP contribution in [0.3, 0.4) is 0 Å². The summed E-state index contributed by atoms with van der Waals surface area (Å²) in [5.74, 6) is 6.81. The predicted octanol–water partition coefficient (Wildman–Crippen LogP) is 5.24. The van der Waals surface area contributed by atoms with Gasteiger partial charge in [0, 0.05) is 16.6 Å². The second-order valence-electron chi connectivity index (χ2n) is 7.88. The maximum Gasteiger partial charge on any atom is 0.148 e. The minimum absolute atomic E-state index is 0.214. The van der Waals surface area contributed by atoms with E-state index in [-0.39, 0.29) is 5.75 Å². The molecule has 0 spiro atoms. The molecular formula is C26H23N3O2. The molecule has 0 aliphatic carbocycles. The first kappa shape index (κ1) is 20.4. The lowest BCUT2D eigenvalue weighted by Gasteiger charge is -2.26. The third-order valence-electron chi connectivity index (χ3n) is 4.77. The highest BCUT2D eigenvalue weighted by Gasteiger charge is 2.19. The van der Waals surface area contributed by atoms with Crippen molar-refractivity contribution in [1.29, 1.82) is 0 Å². The van der Waals surface area contributed by atoms with E-state index >= 15 is 0 Å². The second kappa shape index (κ2) is 8.10. The Morgan fingerprint density at radius 1 is 0.935 bits per heavy atom. The van der Waals surface area contributed by atoms with Crippen LogP contribution in [0.5, 0.6) is 5.75 Å². The molecule has 0 saturated carbocycles. The Labute approximate surface area is 181 Å². The van der Waals surface area contributed by atoms with Gasteiger partial charge < -0.3 is 10.2 Å². The molecule has 4 rings (SSSR count). The fourth-order valence-electron chi connectivity index (χ4n) is 3.37. The fraction of sp³-hybridized carbons (Fsp3) is 0.154. The topological polar surface area (TPSA) is 69.5 Å². The molecule has 1 aromatic heterocycles.